The van der Waals surface area contributed by atoms with E-state index in [-0.39, 0.29) is 6.61 Å². The van der Waals surface area contributed by atoms with Gasteiger partial charge in [-0.1, -0.05) is 42.5 Å². The molecular formula is C25H20O5. The third-order valence-electron chi connectivity index (χ3n) is 4.95. The van der Waals surface area contributed by atoms with Gasteiger partial charge < -0.3 is 13.9 Å². The second-order valence-electron chi connectivity index (χ2n) is 6.96. The smallest absolute Gasteiger partial charge is 0.342 e. The zero-order valence-electron chi connectivity index (χ0n) is 16.7. The van der Waals surface area contributed by atoms with Crippen LogP contribution in [0.4, 0.5) is 0 Å². The Morgan fingerprint density at radius 2 is 1.67 bits per heavy atom. The van der Waals surface area contributed by atoms with Crippen molar-refractivity contribution in [3.63, 3.8) is 0 Å². The number of carbonyl (C=O) groups excluding carboxylic acids is 1. The Bertz CT molecular complexity index is 1270. The van der Waals surface area contributed by atoms with Crippen molar-refractivity contribution >= 4 is 16.9 Å². The molecule has 0 amide bonds. The lowest BCUT2D eigenvalue weighted by atomic mass is 10.0. The minimum Gasteiger partial charge on any atom is -0.457 e. The Balaban J connectivity index is 1.59. The Hall–Kier alpha value is -3.86. The quantitative estimate of drug-likeness (QED) is 0.324. The predicted molar refractivity (Wildman–Crippen MR) is 114 cm³/mol. The van der Waals surface area contributed by atoms with Crippen molar-refractivity contribution in [2.75, 3.05) is 0 Å². The largest absolute Gasteiger partial charge is 0.457 e. The van der Waals surface area contributed by atoms with Gasteiger partial charge in [0.1, 0.15) is 29.3 Å². The monoisotopic (exact) mass is 400 g/mol. The molecule has 0 saturated carbocycles. The van der Waals surface area contributed by atoms with Crippen LogP contribution in [-0.2, 0) is 11.3 Å². The lowest BCUT2D eigenvalue weighted by molar-refractivity contribution is 0.0471. The fourth-order valence-corrected chi connectivity index (χ4v) is 3.20. The molecule has 150 valence electrons. The molecular weight excluding hydrogens is 380 g/mol. The molecule has 0 aliphatic heterocycles. The first kappa shape index (κ1) is 19.5. The molecule has 30 heavy (non-hydrogen) atoms. The number of carbonyl (C=O) groups is 1. The van der Waals surface area contributed by atoms with Crippen LogP contribution in [-0.4, -0.2) is 5.97 Å². The van der Waals surface area contributed by atoms with Crippen molar-refractivity contribution in [1.82, 2.24) is 0 Å². The molecule has 3 aromatic carbocycles. The number of benzene rings is 3. The number of hydrogen-bond donors (Lipinski definition) is 0. The highest BCUT2D eigenvalue weighted by Crippen LogP contribution is 2.27. The molecule has 5 heteroatoms. The van der Waals surface area contributed by atoms with Crippen LogP contribution in [0.25, 0.3) is 11.0 Å². The minimum atomic E-state index is -0.535. The fourth-order valence-electron chi connectivity index (χ4n) is 3.20. The molecule has 4 aromatic rings. The van der Waals surface area contributed by atoms with Gasteiger partial charge >= 0.3 is 11.6 Å². The van der Waals surface area contributed by atoms with Crippen molar-refractivity contribution in [3.05, 3.63) is 105 Å². The summed E-state index contributed by atoms with van der Waals surface area (Å²) in [6, 6.07) is 21.3. The van der Waals surface area contributed by atoms with Crippen LogP contribution in [0.3, 0.4) is 0 Å². The average molecular weight is 400 g/mol. The number of esters is 1. The van der Waals surface area contributed by atoms with E-state index < -0.39 is 11.6 Å². The molecule has 0 aliphatic rings. The number of ether oxygens (including phenoxy) is 2. The van der Waals surface area contributed by atoms with Crippen molar-refractivity contribution in [3.8, 4) is 11.5 Å². The van der Waals surface area contributed by atoms with E-state index in [0.29, 0.717) is 28.2 Å². The summed E-state index contributed by atoms with van der Waals surface area (Å²) in [4.78, 5) is 24.8. The van der Waals surface area contributed by atoms with E-state index in [0.717, 1.165) is 16.5 Å². The fraction of sp³-hybridized carbons (Fsp3) is 0.120. The standard InChI is InChI=1S/C25H20O5/c1-16-12-13-20-18(14-23(26)30-24(20)17(16)2)15-28-25(27)21-10-6-7-11-22(21)29-19-8-4-3-5-9-19/h3-14H,15H2,1-2H3. The van der Waals surface area contributed by atoms with Gasteiger partial charge in [-0.25, -0.2) is 9.59 Å². The van der Waals surface area contributed by atoms with Crippen LogP contribution in [0, 0.1) is 13.8 Å². The van der Waals surface area contributed by atoms with E-state index in [1.165, 1.54) is 6.07 Å². The van der Waals surface area contributed by atoms with Gasteiger partial charge in [-0.05, 0) is 49.2 Å². The molecule has 0 bridgehead atoms. The van der Waals surface area contributed by atoms with E-state index in [1.807, 2.05) is 56.3 Å². The summed E-state index contributed by atoms with van der Waals surface area (Å²) in [6.07, 6.45) is 0. The molecule has 0 fully saturated rings. The van der Waals surface area contributed by atoms with Crippen LogP contribution in [0.15, 0.2) is 82.0 Å². The Labute approximate surface area is 173 Å². The van der Waals surface area contributed by atoms with Gasteiger partial charge in [-0.3, -0.25) is 0 Å². The summed E-state index contributed by atoms with van der Waals surface area (Å²) in [5.74, 6) is 0.486. The SMILES string of the molecule is Cc1ccc2c(COC(=O)c3ccccc3Oc3ccccc3)cc(=O)oc2c1C. The Morgan fingerprint density at radius 1 is 0.933 bits per heavy atom. The normalized spacial score (nSPS) is 10.7. The summed E-state index contributed by atoms with van der Waals surface area (Å²) in [5, 5.41) is 0.749. The van der Waals surface area contributed by atoms with E-state index in [1.54, 1.807) is 24.3 Å². The summed E-state index contributed by atoms with van der Waals surface area (Å²) < 4.78 is 16.7. The molecule has 0 N–H and O–H groups in total. The molecule has 4 rings (SSSR count). The number of para-hydroxylation sites is 2. The van der Waals surface area contributed by atoms with Gasteiger partial charge in [-0.15, -0.1) is 0 Å². The number of hydrogen-bond acceptors (Lipinski definition) is 5. The molecule has 0 spiro atoms. The van der Waals surface area contributed by atoms with Gasteiger partial charge in [0.2, 0.25) is 0 Å². The maximum atomic E-state index is 12.8. The predicted octanol–water partition coefficient (Wildman–Crippen LogP) is 5.56. The van der Waals surface area contributed by atoms with Crippen molar-refractivity contribution in [2.45, 2.75) is 20.5 Å². The molecule has 0 aliphatic carbocycles. The lowest BCUT2D eigenvalue weighted by Crippen LogP contribution is -2.09. The van der Waals surface area contributed by atoms with Gasteiger partial charge in [0.25, 0.3) is 0 Å². The van der Waals surface area contributed by atoms with E-state index in [9.17, 15) is 9.59 Å². The van der Waals surface area contributed by atoms with Crippen molar-refractivity contribution in [2.24, 2.45) is 0 Å². The molecule has 0 atom stereocenters. The number of fused-ring (bicyclic) bond motifs is 1. The third kappa shape index (κ3) is 3.96. The van der Waals surface area contributed by atoms with Crippen LogP contribution in [0.5, 0.6) is 11.5 Å². The van der Waals surface area contributed by atoms with Gasteiger partial charge in [0.15, 0.2) is 0 Å². The minimum absolute atomic E-state index is 0.0525. The topological polar surface area (TPSA) is 65.7 Å². The van der Waals surface area contributed by atoms with Crippen molar-refractivity contribution < 1.29 is 18.7 Å². The second kappa shape index (κ2) is 8.25. The molecule has 1 heterocycles. The van der Waals surface area contributed by atoms with Crippen LogP contribution in [0.1, 0.15) is 27.0 Å². The first-order chi connectivity index (χ1) is 14.5. The van der Waals surface area contributed by atoms with Crippen LogP contribution in [0.2, 0.25) is 0 Å². The molecule has 5 nitrogen and oxygen atoms in total. The highest BCUT2D eigenvalue weighted by atomic mass is 16.5. The highest BCUT2D eigenvalue weighted by Gasteiger charge is 2.16. The Morgan fingerprint density at radius 3 is 2.47 bits per heavy atom. The zero-order valence-corrected chi connectivity index (χ0v) is 16.7. The van der Waals surface area contributed by atoms with E-state index in [2.05, 4.69) is 0 Å². The van der Waals surface area contributed by atoms with Crippen molar-refractivity contribution in [1.29, 1.82) is 0 Å². The zero-order chi connectivity index (χ0) is 21.1. The summed E-state index contributed by atoms with van der Waals surface area (Å²) in [7, 11) is 0. The lowest BCUT2D eigenvalue weighted by Gasteiger charge is -2.12. The first-order valence-electron chi connectivity index (χ1n) is 9.55. The van der Waals surface area contributed by atoms with Crippen LogP contribution >= 0.6 is 0 Å². The summed E-state index contributed by atoms with van der Waals surface area (Å²) in [6.45, 7) is 3.79. The number of rotatable bonds is 5. The maximum Gasteiger partial charge on any atom is 0.342 e. The first-order valence-corrected chi connectivity index (χ1v) is 9.55. The molecule has 0 radical (unpaired) electrons. The second-order valence-corrected chi connectivity index (χ2v) is 6.96. The van der Waals surface area contributed by atoms with Crippen LogP contribution < -0.4 is 10.4 Å². The average Bonchev–Trinajstić information content (AvgIpc) is 2.76. The summed E-state index contributed by atoms with van der Waals surface area (Å²) >= 11 is 0. The molecule has 0 unspecified atom stereocenters. The highest BCUT2D eigenvalue weighted by molar-refractivity contribution is 5.93. The van der Waals surface area contributed by atoms with Gasteiger partial charge in [0, 0.05) is 17.0 Å². The van der Waals surface area contributed by atoms with Gasteiger partial charge in [-0.2, -0.15) is 0 Å². The van der Waals surface area contributed by atoms with E-state index in [4.69, 9.17) is 13.9 Å². The van der Waals surface area contributed by atoms with E-state index >= 15 is 0 Å². The third-order valence-corrected chi connectivity index (χ3v) is 4.95. The van der Waals surface area contributed by atoms with Gasteiger partial charge in [0.05, 0.1) is 0 Å². The summed E-state index contributed by atoms with van der Waals surface area (Å²) in [5.41, 5.74) is 2.85. The maximum absolute atomic E-state index is 12.8. The number of aryl methyl sites for hydroxylation is 2. The molecule has 1 aromatic heterocycles. The Kier molecular flexibility index (Phi) is 5.35. The molecule has 0 saturated heterocycles.